The quantitative estimate of drug-likeness (QED) is 0.841. The molecule has 0 amide bonds. The van der Waals surface area contributed by atoms with Crippen molar-refractivity contribution in [1.29, 1.82) is 0 Å². The minimum absolute atomic E-state index is 0.0306. The summed E-state index contributed by atoms with van der Waals surface area (Å²) >= 11 is 5.34. The van der Waals surface area contributed by atoms with Crippen LogP contribution in [0.25, 0.3) is 10.9 Å². The lowest BCUT2D eigenvalue weighted by atomic mass is 10.1. The summed E-state index contributed by atoms with van der Waals surface area (Å²) in [5.74, 6) is 0. The molecule has 2 aromatic rings. The van der Waals surface area contributed by atoms with E-state index in [1.54, 1.807) is 9.47 Å². The maximum absolute atomic E-state index is 12.5. The average Bonchev–Trinajstić information content (AvgIpc) is 2.51. The molecule has 0 spiro atoms. The van der Waals surface area contributed by atoms with Crippen LogP contribution in [0.3, 0.4) is 0 Å². The van der Waals surface area contributed by atoms with Gasteiger partial charge in [0.05, 0.1) is 30.5 Å². The Labute approximate surface area is 129 Å². The molecule has 0 atom stereocenters. The molecule has 0 saturated carbocycles. The Morgan fingerprint density at radius 2 is 1.95 bits per heavy atom. The molecule has 1 saturated heterocycles. The first-order chi connectivity index (χ1) is 10.3. The van der Waals surface area contributed by atoms with Gasteiger partial charge in [0, 0.05) is 13.0 Å². The molecule has 1 aromatic carbocycles. The number of hydrogen-bond acceptors (Lipinski definition) is 2. The largest absolute Gasteiger partial charge is 0.335 e. The number of para-hydroxylation sites is 1. The zero-order valence-electron chi connectivity index (χ0n) is 12.2. The Kier molecular flexibility index (Phi) is 4.51. The number of aromatic nitrogens is 2. The molecule has 1 aliphatic heterocycles. The summed E-state index contributed by atoms with van der Waals surface area (Å²) in [6.07, 6.45) is 5.06. The fourth-order valence-electron chi connectivity index (χ4n) is 3.19. The van der Waals surface area contributed by atoms with E-state index in [0.717, 1.165) is 23.9 Å². The van der Waals surface area contributed by atoms with E-state index in [-0.39, 0.29) is 5.56 Å². The van der Waals surface area contributed by atoms with Crippen LogP contribution in [-0.4, -0.2) is 29.2 Å². The molecule has 0 bridgehead atoms. The molecule has 1 fully saturated rings. The highest BCUT2D eigenvalue weighted by Gasteiger charge is 2.13. The number of nitrogens with zero attached hydrogens (tertiary/aromatic N) is 1. The highest BCUT2D eigenvalue weighted by atomic mass is 32.1. The lowest BCUT2D eigenvalue weighted by Gasteiger charge is -2.23. The predicted molar refractivity (Wildman–Crippen MR) is 87.4 cm³/mol. The van der Waals surface area contributed by atoms with E-state index in [9.17, 15) is 4.79 Å². The molecule has 1 aromatic heterocycles. The molecule has 4 nitrogen and oxygen atoms in total. The van der Waals surface area contributed by atoms with Crippen molar-refractivity contribution in [3.8, 4) is 0 Å². The average molecular weight is 304 g/mol. The van der Waals surface area contributed by atoms with Crippen LogP contribution in [0.2, 0.25) is 0 Å². The van der Waals surface area contributed by atoms with Crippen molar-refractivity contribution < 1.29 is 4.90 Å². The zero-order valence-corrected chi connectivity index (χ0v) is 13.0. The molecule has 5 heteroatoms. The molecule has 2 N–H and O–H groups in total. The van der Waals surface area contributed by atoms with Crippen molar-refractivity contribution in [2.45, 2.75) is 32.2 Å². The number of fused-ring (bicyclic) bond motifs is 1. The molecule has 21 heavy (non-hydrogen) atoms. The number of piperidine rings is 1. The second-order valence-corrected chi connectivity index (χ2v) is 6.23. The fraction of sp³-hybridized carbons (Fsp3) is 0.500. The van der Waals surface area contributed by atoms with Gasteiger partial charge in [0.2, 0.25) is 0 Å². The smallest absolute Gasteiger partial charge is 0.262 e. The van der Waals surface area contributed by atoms with Gasteiger partial charge in [-0.25, -0.2) is 0 Å². The Balaban J connectivity index is 1.74. The van der Waals surface area contributed by atoms with E-state index in [0.29, 0.717) is 11.3 Å². The van der Waals surface area contributed by atoms with Crippen LogP contribution in [-0.2, 0) is 6.54 Å². The Bertz CT molecular complexity index is 728. The minimum Gasteiger partial charge on any atom is -0.335 e. The summed E-state index contributed by atoms with van der Waals surface area (Å²) in [7, 11) is 0. The van der Waals surface area contributed by atoms with E-state index in [2.05, 4.69) is 4.98 Å². The second kappa shape index (κ2) is 6.54. The topological polar surface area (TPSA) is 42.2 Å². The van der Waals surface area contributed by atoms with Crippen molar-refractivity contribution in [1.82, 2.24) is 9.55 Å². The number of quaternary nitrogens is 1. The molecule has 2 heterocycles. The van der Waals surface area contributed by atoms with Crippen LogP contribution in [0, 0.1) is 4.77 Å². The van der Waals surface area contributed by atoms with Crippen molar-refractivity contribution >= 4 is 23.1 Å². The van der Waals surface area contributed by atoms with Crippen LogP contribution >= 0.6 is 12.2 Å². The highest BCUT2D eigenvalue weighted by molar-refractivity contribution is 7.71. The van der Waals surface area contributed by atoms with Crippen LogP contribution < -0.4 is 10.5 Å². The van der Waals surface area contributed by atoms with Crippen molar-refractivity contribution in [3.63, 3.8) is 0 Å². The zero-order chi connectivity index (χ0) is 14.7. The van der Waals surface area contributed by atoms with Gasteiger partial charge in [-0.1, -0.05) is 12.1 Å². The number of aromatic amines is 1. The molecular weight excluding hydrogens is 282 g/mol. The van der Waals surface area contributed by atoms with Crippen LogP contribution in [0.4, 0.5) is 0 Å². The van der Waals surface area contributed by atoms with Crippen LogP contribution in [0.1, 0.15) is 25.7 Å². The van der Waals surface area contributed by atoms with Crippen molar-refractivity contribution in [2.24, 2.45) is 0 Å². The van der Waals surface area contributed by atoms with Gasteiger partial charge in [0.1, 0.15) is 0 Å². The van der Waals surface area contributed by atoms with Crippen LogP contribution in [0.5, 0.6) is 0 Å². The van der Waals surface area contributed by atoms with Crippen LogP contribution in [0.15, 0.2) is 29.1 Å². The summed E-state index contributed by atoms with van der Waals surface area (Å²) in [4.78, 5) is 17.3. The lowest BCUT2D eigenvalue weighted by Crippen LogP contribution is -3.12. The first-order valence-corrected chi connectivity index (χ1v) is 8.22. The molecule has 0 unspecified atom stereocenters. The number of hydrogen-bond donors (Lipinski definition) is 2. The van der Waals surface area contributed by atoms with E-state index >= 15 is 0 Å². The summed E-state index contributed by atoms with van der Waals surface area (Å²) in [6, 6.07) is 7.56. The molecule has 0 radical (unpaired) electrons. The van der Waals surface area contributed by atoms with E-state index in [1.807, 2.05) is 24.3 Å². The molecule has 1 aliphatic rings. The molecule has 112 valence electrons. The van der Waals surface area contributed by atoms with Gasteiger partial charge in [-0.15, -0.1) is 0 Å². The van der Waals surface area contributed by atoms with Crippen molar-refractivity contribution in [3.05, 3.63) is 39.4 Å². The lowest BCUT2D eigenvalue weighted by molar-refractivity contribution is -0.905. The Hall–Kier alpha value is -1.46. The summed E-state index contributed by atoms with van der Waals surface area (Å²) in [6.45, 7) is 4.40. The Morgan fingerprint density at radius 3 is 2.76 bits per heavy atom. The van der Waals surface area contributed by atoms with Gasteiger partial charge in [0.15, 0.2) is 4.77 Å². The maximum atomic E-state index is 12.5. The first kappa shape index (κ1) is 14.5. The number of likely N-dealkylation sites (tertiary alicyclic amines) is 1. The van der Waals surface area contributed by atoms with E-state index in [1.165, 1.54) is 32.4 Å². The first-order valence-electron chi connectivity index (χ1n) is 7.81. The predicted octanol–water partition coefficient (Wildman–Crippen LogP) is 1.52. The van der Waals surface area contributed by atoms with E-state index < -0.39 is 0 Å². The standard InChI is InChI=1S/C16H21N3OS/c20-15-13-7-2-3-8-14(13)17-16(21)19(15)12-6-11-18-9-4-1-5-10-18/h2-3,7-8H,1,4-6,9-12H2,(H,17,21)/p+1. The monoisotopic (exact) mass is 304 g/mol. The number of benzene rings is 1. The SMILES string of the molecule is O=c1c2ccccc2[nH]c(=S)n1CCC[NH+]1CCCCC1. The molecule has 0 aliphatic carbocycles. The fourth-order valence-corrected chi connectivity index (χ4v) is 3.48. The minimum atomic E-state index is 0.0306. The summed E-state index contributed by atoms with van der Waals surface area (Å²) < 4.78 is 2.24. The van der Waals surface area contributed by atoms with E-state index in [4.69, 9.17) is 12.2 Å². The van der Waals surface area contributed by atoms with Gasteiger partial charge in [-0.3, -0.25) is 9.36 Å². The third-order valence-electron chi connectivity index (χ3n) is 4.36. The molecular formula is C16H22N3OS+. The third kappa shape index (κ3) is 3.24. The number of H-pyrrole nitrogens is 1. The summed E-state index contributed by atoms with van der Waals surface area (Å²) in [5.41, 5.74) is 0.855. The van der Waals surface area contributed by atoms with Gasteiger partial charge in [0.25, 0.3) is 5.56 Å². The van der Waals surface area contributed by atoms with Gasteiger partial charge < -0.3 is 9.88 Å². The Morgan fingerprint density at radius 1 is 1.19 bits per heavy atom. The maximum Gasteiger partial charge on any atom is 0.262 e. The van der Waals surface area contributed by atoms with Gasteiger partial charge >= 0.3 is 0 Å². The van der Waals surface area contributed by atoms with Gasteiger partial charge in [-0.2, -0.15) is 0 Å². The second-order valence-electron chi connectivity index (χ2n) is 5.85. The van der Waals surface area contributed by atoms with Gasteiger partial charge in [-0.05, 0) is 43.6 Å². The molecule has 3 rings (SSSR count). The summed E-state index contributed by atoms with van der Waals surface area (Å²) in [5, 5.41) is 0.719. The highest BCUT2D eigenvalue weighted by Crippen LogP contribution is 2.06. The third-order valence-corrected chi connectivity index (χ3v) is 4.68. The normalized spacial score (nSPS) is 16.4. The number of rotatable bonds is 4. The number of nitrogens with one attached hydrogen (secondary N) is 2. The van der Waals surface area contributed by atoms with Crippen molar-refractivity contribution in [2.75, 3.05) is 19.6 Å².